The van der Waals surface area contributed by atoms with Crippen LogP contribution in [-0.4, -0.2) is 64.8 Å². The fourth-order valence-electron chi connectivity index (χ4n) is 4.84. The lowest BCUT2D eigenvalue weighted by atomic mass is 9.96. The summed E-state index contributed by atoms with van der Waals surface area (Å²) in [5.41, 5.74) is 1.71. The molecule has 1 aromatic carbocycles. The van der Waals surface area contributed by atoms with Crippen LogP contribution in [0.4, 0.5) is 11.5 Å². The molecule has 3 aromatic rings. The Morgan fingerprint density at radius 2 is 1.74 bits per heavy atom. The molecular formula is C26H30N6O2. The van der Waals surface area contributed by atoms with E-state index in [-0.39, 0.29) is 17.4 Å². The number of amides is 1. The Labute approximate surface area is 199 Å². The largest absolute Gasteiger partial charge is 0.369 e. The zero-order valence-corrected chi connectivity index (χ0v) is 19.3. The molecule has 0 spiro atoms. The number of hydrogen-bond acceptors (Lipinski definition) is 6. The van der Waals surface area contributed by atoms with E-state index >= 15 is 0 Å². The van der Waals surface area contributed by atoms with E-state index in [4.69, 9.17) is 0 Å². The first-order valence-electron chi connectivity index (χ1n) is 12.0. The molecule has 34 heavy (non-hydrogen) atoms. The summed E-state index contributed by atoms with van der Waals surface area (Å²) in [7, 11) is 0. The summed E-state index contributed by atoms with van der Waals surface area (Å²) in [6.45, 7) is 4.92. The average Bonchev–Trinajstić information content (AvgIpc) is 2.91. The van der Waals surface area contributed by atoms with Gasteiger partial charge in [-0.25, -0.2) is 9.67 Å². The van der Waals surface area contributed by atoms with E-state index in [1.165, 1.54) is 4.68 Å². The Morgan fingerprint density at radius 3 is 2.47 bits per heavy atom. The molecule has 2 aliphatic rings. The predicted octanol–water partition coefficient (Wildman–Crippen LogP) is 2.25. The van der Waals surface area contributed by atoms with E-state index in [0.717, 1.165) is 49.5 Å². The van der Waals surface area contributed by atoms with Gasteiger partial charge in [0.05, 0.1) is 24.3 Å². The lowest BCUT2D eigenvalue weighted by molar-refractivity contribution is -0.136. The van der Waals surface area contributed by atoms with Gasteiger partial charge in [-0.2, -0.15) is 5.10 Å². The van der Waals surface area contributed by atoms with Gasteiger partial charge in [-0.15, -0.1) is 0 Å². The normalized spacial score (nSPS) is 18.7. The SMILES string of the molecule is O=C(C1CCCN(c2cnn(Cc3ccccc3)c(=O)c2)C1)N1CCN(c2ccccn2)CC1. The Kier molecular flexibility index (Phi) is 6.56. The zero-order chi connectivity index (χ0) is 23.3. The van der Waals surface area contributed by atoms with E-state index in [2.05, 4.69) is 19.9 Å². The Balaban J connectivity index is 1.20. The highest BCUT2D eigenvalue weighted by atomic mass is 16.2. The average molecular weight is 459 g/mol. The maximum atomic E-state index is 13.3. The van der Waals surface area contributed by atoms with Crippen LogP contribution in [0.3, 0.4) is 0 Å². The van der Waals surface area contributed by atoms with Crippen LogP contribution in [0.1, 0.15) is 18.4 Å². The summed E-state index contributed by atoms with van der Waals surface area (Å²) in [5, 5.41) is 4.40. The number of hydrogen-bond donors (Lipinski definition) is 0. The standard InChI is InChI=1S/C26H30N6O2/c33-25-17-23(18-28-32(25)19-21-7-2-1-3-8-21)31-12-6-9-22(20-31)26(34)30-15-13-29(14-16-30)24-10-4-5-11-27-24/h1-5,7-8,10-11,17-18,22H,6,9,12-16,19-20H2. The molecule has 8 nitrogen and oxygen atoms in total. The van der Waals surface area contributed by atoms with E-state index in [9.17, 15) is 9.59 Å². The van der Waals surface area contributed by atoms with Crippen LogP contribution in [0, 0.1) is 5.92 Å². The van der Waals surface area contributed by atoms with Crippen molar-refractivity contribution < 1.29 is 4.79 Å². The molecule has 2 fully saturated rings. The molecule has 2 aromatic heterocycles. The van der Waals surface area contributed by atoms with Crippen molar-refractivity contribution in [3.8, 4) is 0 Å². The third-order valence-corrected chi connectivity index (χ3v) is 6.73. The lowest BCUT2D eigenvalue weighted by Crippen LogP contribution is -2.52. The molecule has 0 bridgehead atoms. The molecule has 1 amide bonds. The van der Waals surface area contributed by atoms with Gasteiger partial charge < -0.3 is 14.7 Å². The first kappa shape index (κ1) is 22.1. The molecule has 0 saturated carbocycles. The summed E-state index contributed by atoms with van der Waals surface area (Å²) in [6, 6.07) is 17.4. The van der Waals surface area contributed by atoms with Gasteiger partial charge in [0.2, 0.25) is 5.91 Å². The quantitative estimate of drug-likeness (QED) is 0.584. The zero-order valence-electron chi connectivity index (χ0n) is 19.3. The number of piperidine rings is 1. The number of nitrogens with zero attached hydrogens (tertiary/aromatic N) is 6. The van der Waals surface area contributed by atoms with Gasteiger partial charge in [-0.1, -0.05) is 36.4 Å². The number of anilines is 2. The number of carbonyl (C=O) groups is 1. The van der Waals surface area contributed by atoms with Gasteiger partial charge in [0.1, 0.15) is 5.82 Å². The van der Waals surface area contributed by atoms with Gasteiger partial charge in [0.15, 0.2) is 0 Å². The molecule has 8 heteroatoms. The van der Waals surface area contributed by atoms with E-state index in [1.807, 2.05) is 53.4 Å². The molecule has 1 unspecified atom stereocenters. The minimum atomic E-state index is -0.125. The number of piperazine rings is 1. The third kappa shape index (κ3) is 4.95. The molecule has 0 aliphatic carbocycles. The van der Waals surface area contributed by atoms with Crippen LogP contribution in [0.5, 0.6) is 0 Å². The van der Waals surface area contributed by atoms with Crippen molar-refractivity contribution >= 4 is 17.4 Å². The number of rotatable bonds is 5. The second kappa shape index (κ2) is 10.1. The van der Waals surface area contributed by atoms with Crippen molar-refractivity contribution in [2.45, 2.75) is 19.4 Å². The Hall–Kier alpha value is -3.68. The fraction of sp³-hybridized carbons (Fsp3) is 0.385. The number of carbonyl (C=O) groups excluding carboxylic acids is 1. The topological polar surface area (TPSA) is 74.6 Å². The van der Waals surface area contributed by atoms with Crippen LogP contribution in [0.15, 0.2) is 71.8 Å². The summed E-state index contributed by atoms with van der Waals surface area (Å²) in [5.74, 6) is 1.13. The van der Waals surface area contributed by atoms with Crippen LogP contribution in [-0.2, 0) is 11.3 Å². The lowest BCUT2D eigenvalue weighted by Gasteiger charge is -2.39. The first-order valence-corrected chi connectivity index (χ1v) is 12.0. The van der Waals surface area contributed by atoms with E-state index in [1.54, 1.807) is 18.5 Å². The van der Waals surface area contributed by atoms with Crippen molar-refractivity contribution in [3.63, 3.8) is 0 Å². The minimum absolute atomic E-state index is 0.0538. The monoisotopic (exact) mass is 458 g/mol. The Morgan fingerprint density at radius 1 is 0.941 bits per heavy atom. The summed E-state index contributed by atoms with van der Waals surface area (Å²) in [6.07, 6.45) is 5.37. The molecular weight excluding hydrogens is 428 g/mol. The van der Waals surface area contributed by atoms with Crippen LogP contribution in [0.2, 0.25) is 0 Å². The van der Waals surface area contributed by atoms with Crippen LogP contribution >= 0.6 is 0 Å². The van der Waals surface area contributed by atoms with Crippen LogP contribution in [0.25, 0.3) is 0 Å². The number of benzene rings is 1. The van der Waals surface area contributed by atoms with Crippen molar-refractivity contribution in [1.82, 2.24) is 19.7 Å². The smallest absolute Gasteiger partial charge is 0.269 e. The van der Waals surface area contributed by atoms with Gasteiger partial charge in [-0.05, 0) is 30.5 Å². The number of aromatic nitrogens is 3. The highest BCUT2D eigenvalue weighted by molar-refractivity contribution is 5.80. The molecule has 5 rings (SSSR count). The minimum Gasteiger partial charge on any atom is -0.369 e. The molecule has 176 valence electrons. The Bertz CT molecular complexity index is 1160. The number of pyridine rings is 1. The van der Waals surface area contributed by atoms with Crippen molar-refractivity contribution in [1.29, 1.82) is 0 Å². The maximum absolute atomic E-state index is 13.3. The molecule has 4 heterocycles. The summed E-state index contributed by atoms with van der Waals surface area (Å²) >= 11 is 0. The van der Waals surface area contributed by atoms with Crippen molar-refractivity contribution in [3.05, 3.63) is 82.9 Å². The molecule has 0 radical (unpaired) electrons. The third-order valence-electron chi connectivity index (χ3n) is 6.73. The molecule has 0 N–H and O–H groups in total. The first-order chi connectivity index (χ1) is 16.7. The van der Waals surface area contributed by atoms with E-state index in [0.29, 0.717) is 26.2 Å². The van der Waals surface area contributed by atoms with Crippen LogP contribution < -0.4 is 15.4 Å². The molecule has 1 atom stereocenters. The fourth-order valence-corrected chi connectivity index (χ4v) is 4.84. The molecule has 2 saturated heterocycles. The second-order valence-electron chi connectivity index (χ2n) is 8.98. The van der Waals surface area contributed by atoms with Gasteiger partial charge in [0.25, 0.3) is 5.56 Å². The summed E-state index contributed by atoms with van der Waals surface area (Å²) in [4.78, 5) is 36.7. The summed E-state index contributed by atoms with van der Waals surface area (Å²) < 4.78 is 1.48. The maximum Gasteiger partial charge on any atom is 0.269 e. The highest BCUT2D eigenvalue weighted by Gasteiger charge is 2.31. The molecule has 2 aliphatic heterocycles. The van der Waals surface area contributed by atoms with Gasteiger partial charge >= 0.3 is 0 Å². The van der Waals surface area contributed by atoms with E-state index < -0.39 is 0 Å². The van der Waals surface area contributed by atoms with Crippen molar-refractivity contribution in [2.75, 3.05) is 49.1 Å². The highest BCUT2D eigenvalue weighted by Crippen LogP contribution is 2.24. The van der Waals surface area contributed by atoms with Crippen molar-refractivity contribution in [2.24, 2.45) is 5.92 Å². The van der Waals surface area contributed by atoms with Gasteiger partial charge in [-0.3, -0.25) is 9.59 Å². The van der Waals surface area contributed by atoms with Gasteiger partial charge in [0, 0.05) is 51.5 Å². The predicted molar refractivity (Wildman–Crippen MR) is 132 cm³/mol. The second-order valence-corrected chi connectivity index (χ2v) is 8.98.